The van der Waals surface area contributed by atoms with Gasteiger partial charge in [0.15, 0.2) is 0 Å². The molecule has 5 heteroatoms. The van der Waals surface area contributed by atoms with E-state index >= 15 is 0 Å². The molecule has 1 aliphatic heterocycles. The van der Waals surface area contributed by atoms with Crippen molar-refractivity contribution in [3.8, 4) is 5.75 Å². The molecule has 0 aliphatic carbocycles. The summed E-state index contributed by atoms with van der Waals surface area (Å²) in [4.78, 5) is 0. The molecule has 1 aliphatic rings. The van der Waals surface area contributed by atoms with E-state index in [2.05, 4.69) is 10.2 Å². The quantitative estimate of drug-likeness (QED) is 0.414. The molecule has 0 radical (unpaired) electrons. The van der Waals surface area contributed by atoms with Crippen molar-refractivity contribution in [3.05, 3.63) is 29.3 Å². The number of ether oxygens (including phenoxy) is 1. The molecule has 0 spiro atoms. The van der Waals surface area contributed by atoms with Crippen molar-refractivity contribution in [3.63, 3.8) is 0 Å². The molecule has 0 saturated heterocycles. The lowest BCUT2D eigenvalue weighted by Gasteiger charge is -2.19. The minimum atomic E-state index is -0.0341. The van der Waals surface area contributed by atoms with E-state index in [0.717, 1.165) is 22.6 Å². The first kappa shape index (κ1) is 10.5. The average molecular weight is 218 g/mol. The molecule has 0 unspecified atom stereocenters. The van der Waals surface area contributed by atoms with Crippen molar-refractivity contribution >= 4 is 11.7 Å². The lowest BCUT2D eigenvalue weighted by molar-refractivity contribution is 0.318. The maximum Gasteiger partial charge on any atom is 0.211 e. The Morgan fingerprint density at radius 2 is 2.19 bits per heavy atom. The minimum Gasteiger partial charge on any atom is -0.492 e. The van der Waals surface area contributed by atoms with Crippen LogP contribution in [0.5, 0.6) is 5.75 Å². The van der Waals surface area contributed by atoms with Crippen LogP contribution in [0, 0.1) is 6.92 Å². The maximum absolute atomic E-state index is 5.60. The Morgan fingerprint density at radius 1 is 1.38 bits per heavy atom. The molecule has 0 aromatic heterocycles. The van der Waals surface area contributed by atoms with Gasteiger partial charge in [-0.2, -0.15) is 5.10 Å². The molecule has 16 heavy (non-hydrogen) atoms. The Bertz CT molecular complexity index is 461. The minimum absolute atomic E-state index is 0.0341. The van der Waals surface area contributed by atoms with Gasteiger partial charge in [0.1, 0.15) is 5.75 Å². The second kappa shape index (κ2) is 4.22. The number of para-hydroxylation sites is 1. The van der Waals surface area contributed by atoms with Crippen LogP contribution in [0.15, 0.2) is 28.4 Å². The lowest BCUT2D eigenvalue weighted by atomic mass is 10.0. The zero-order valence-electron chi connectivity index (χ0n) is 9.10. The first-order valence-electron chi connectivity index (χ1n) is 5.06. The van der Waals surface area contributed by atoms with Crippen LogP contribution < -0.4 is 16.2 Å². The van der Waals surface area contributed by atoms with Gasteiger partial charge in [0.2, 0.25) is 5.96 Å². The first-order valence-corrected chi connectivity index (χ1v) is 5.06. The van der Waals surface area contributed by atoms with E-state index in [9.17, 15) is 0 Å². The summed E-state index contributed by atoms with van der Waals surface area (Å²) < 4.78 is 5.60. The molecule has 84 valence electrons. The van der Waals surface area contributed by atoms with Crippen LogP contribution in [0.4, 0.5) is 0 Å². The standard InChI is InChI=1S/C11H14N4O/c1-7-3-2-4-8-9(14-15-11(12)13)5-6-16-10(7)8/h2-4H,5-6H2,1H3,(H4,12,13,15)/b14-9+. The van der Waals surface area contributed by atoms with Gasteiger partial charge in [-0.15, -0.1) is 5.10 Å². The number of rotatable bonds is 1. The Balaban J connectivity index is 2.45. The van der Waals surface area contributed by atoms with E-state index < -0.39 is 0 Å². The fourth-order valence-corrected chi connectivity index (χ4v) is 1.68. The molecule has 2 rings (SSSR count). The smallest absolute Gasteiger partial charge is 0.211 e. The normalized spacial score (nSPS) is 16.4. The zero-order valence-corrected chi connectivity index (χ0v) is 9.10. The first-order chi connectivity index (χ1) is 7.68. The number of benzene rings is 1. The number of hydrogen-bond acceptors (Lipinski definition) is 3. The number of guanidine groups is 1. The lowest BCUT2D eigenvalue weighted by Crippen LogP contribution is -2.23. The molecule has 0 saturated carbocycles. The fourth-order valence-electron chi connectivity index (χ4n) is 1.68. The second-order valence-electron chi connectivity index (χ2n) is 3.62. The summed E-state index contributed by atoms with van der Waals surface area (Å²) in [5, 5.41) is 7.72. The van der Waals surface area contributed by atoms with Gasteiger partial charge < -0.3 is 16.2 Å². The molecule has 0 atom stereocenters. The highest BCUT2D eigenvalue weighted by Crippen LogP contribution is 2.28. The highest BCUT2D eigenvalue weighted by Gasteiger charge is 2.18. The summed E-state index contributed by atoms with van der Waals surface area (Å²) in [5.41, 5.74) is 13.4. The second-order valence-corrected chi connectivity index (χ2v) is 3.62. The number of fused-ring (bicyclic) bond motifs is 1. The molecule has 1 heterocycles. The summed E-state index contributed by atoms with van der Waals surface area (Å²) in [6.45, 7) is 2.61. The Hall–Kier alpha value is -2.04. The van der Waals surface area contributed by atoms with Gasteiger partial charge in [0.25, 0.3) is 0 Å². The van der Waals surface area contributed by atoms with Gasteiger partial charge in [0.05, 0.1) is 12.3 Å². The van der Waals surface area contributed by atoms with Gasteiger partial charge in [-0.1, -0.05) is 12.1 Å². The van der Waals surface area contributed by atoms with Crippen molar-refractivity contribution in [1.82, 2.24) is 0 Å². The van der Waals surface area contributed by atoms with Crippen LogP contribution in [-0.4, -0.2) is 18.3 Å². The summed E-state index contributed by atoms with van der Waals surface area (Å²) in [5.74, 6) is 0.839. The number of aryl methyl sites for hydroxylation is 1. The largest absolute Gasteiger partial charge is 0.492 e. The predicted octanol–water partition coefficient (Wildman–Crippen LogP) is 0.755. The van der Waals surface area contributed by atoms with Crippen LogP contribution >= 0.6 is 0 Å². The topological polar surface area (TPSA) is 86.0 Å². The molecule has 0 bridgehead atoms. The summed E-state index contributed by atoms with van der Waals surface area (Å²) >= 11 is 0. The number of nitrogens with zero attached hydrogens (tertiary/aromatic N) is 2. The highest BCUT2D eigenvalue weighted by molar-refractivity contribution is 6.04. The molecule has 0 amide bonds. The van der Waals surface area contributed by atoms with E-state index in [1.54, 1.807) is 0 Å². The van der Waals surface area contributed by atoms with Crippen molar-refractivity contribution in [1.29, 1.82) is 0 Å². The molecular weight excluding hydrogens is 204 g/mol. The van der Waals surface area contributed by atoms with Crippen LogP contribution in [0.2, 0.25) is 0 Å². The van der Waals surface area contributed by atoms with Crippen LogP contribution in [0.25, 0.3) is 0 Å². The van der Waals surface area contributed by atoms with Gasteiger partial charge in [0, 0.05) is 12.0 Å². The molecule has 4 N–H and O–H groups in total. The monoisotopic (exact) mass is 218 g/mol. The van der Waals surface area contributed by atoms with Crippen LogP contribution in [0.3, 0.4) is 0 Å². The van der Waals surface area contributed by atoms with Crippen molar-refractivity contribution in [2.24, 2.45) is 21.7 Å². The summed E-state index contributed by atoms with van der Waals surface area (Å²) in [6, 6.07) is 5.93. The molecule has 1 aromatic carbocycles. The van der Waals surface area contributed by atoms with Crippen molar-refractivity contribution in [2.75, 3.05) is 6.61 Å². The predicted molar refractivity (Wildman–Crippen MR) is 63.6 cm³/mol. The van der Waals surface area contributed by atoms with Gasteiger partial charge in [-0.3, -0.25) is 0 Å². The molecular formula is C11H14N4O. The van der Waals surface area contributed by atoms with Crippen LogP contribution in [0.1, 0.15) is 17.5 Å². The molecule has 1 aromatic rings. The third kappa shape index (κ3) is 1.98. The van der Waals surface area contributed by atoms with E-state index in [0.29, 0.717) is 13.0 Å². The summed E-state index contributed by atoms with van der Waals surface area (Å²) in [6.07, 6.45) is 0.716. The SMILES string of the molecule is Cc1cccc2c1OCC/C2=N\N=C(N)N. The third-order valence-corrected chi connectivity index (χ3v) is 2.39. The van der Waals surface area contributed by atoms with Crippen molar-refractivity contribution in [2.45, 2.75) is 13.3 Å². The van der Waals surface area contributed by atoms with Gasteiger partial charge in [-0.05, 0) is 18.6 Å². The van der Waals surface area contributed by atoms with E-state index in [-0.39, 0.29) is 5.96 Å². The van der Waals surface area contributed by atoms with E-state index in [1.165, 1.54) is 0 Å². The summed E-state index contributed by atoms with van der Waals surface area (Å²) in [7, 11) is 0. The third-order valence-electron chi connectivity index (χ3n) is 2.39. The Labute approximate surface area is 93.8 Å². The van der Waals surface area contributed by atoms with Gasteiger partial charge >= 0.3 is 0 Å². The van der Waals surface area contributed by atoms with Gasteiger partial charge in [-0.25, -0.2) is 0 Å². The Morgan fingerprint density at radius 3 is 2.94 bits per heavy atom. The molecule has 0 fully saturated rings. The molecule has 5 nitrogen and oxygen atoms in total. The average Bonchev–Trinajstić information content (AvgIpc) is 2.27. The highest BCUT2D eigenvalue weighted by atomic mass is 16.5. The Kier molecular flexibility index (Phi) is 2.76. The fraction of sp³-hybridized carbons (Fsp3) is 0.273. The van der Waals surface area contributed by atoms with Crippen LogP contribution in [-0.2, 0) is 0 Å². The van der Waals surface area contributed by atoms with Crippen molar-refractivity contribution < 1.29 is 4.74 Å². The zero-order chi connectivity index (χ0) is 11.5. The maximum atomic E-state index is 5.60. The van der Waals surface area contributed by atoms with E-state index in [4.69, 9.17) is 16.2 Å². The number of nitrogens with two attached hydrogens (primary N) is 2. The van der Waals surface area contributed by atoms with E-state index in [1.807, 2.05) is 25.1 Å². The number of hydrogen-bond donors (Lipinski definition) is 2.